The van der Waals surface area contributed by atoms with E-state index in [1.54, 1.807) is 0 Å². The first-order valence-electron chi connectivity index (χ1n) is 6.90. The molecule has 2 heteroatoms. The van der Waals surface area contributed by atoms with Crippen LogP contribution < -0.4 is 0 Å². The number of fused-ring (bicyclic) bond motifs is 1. The maximum atomic E-state index is 12.6. The van der Waals surface area contributed by atoms with Gasteiger partial charge in [0.05, 0.1) is 0 Å². The van der Waals surface area contributed by atoms with E-state index in [9.17, 15) is 4.79 Å². The zero-order valence-corrected chi connectivity index (χ0v) is 11.8. The Hall–Kier alpha value is -0.820. The molecule has 0 N–H and O–H groups in total. The molecule has 3 rings (SSSR count). The number of aryl methyl sites for hydroxylation is 2. The molecule has 2 atom stereocenters. The van der Waals surface area contributed by atoms with Crippen molar-refractivity contribution in [2.24, 2.45) is 17.8 Å². The number of rotatable bonds is 2. The smallest absolute Gasteiger partial charge is 0.166 e. The summed E-state index contributed by atoms with van der Waals surface area (Å²) in [5, 5.41) is 0.761. The molecule has 2 unspecified atom stereocenters. The van der Waals surface area contributed by atoms with Gasteiger partial charge < -0.3 is 0 Å². The van der Waals surface area contributed by atoms with Crippen LogP contribution in [0.3, 0.4) is 0 Å². The van der Waals surface area contributed by atoms with E-state index in [1.165, 1.54) is 25.7 Å². The Labute approximate surface area is 114 Å². The molecule has 0 spiro atoms. The average molecular weight is 263 g/mol. The van der Waals surface area contributed by atoms with Gasteiger partial charge in [0.2, 0.25) is 0 Å². The fourth-order valence-corrected chi connectivity index (χ4v) is 3.83. The quantitative estimate of drug-likeness (QED) is 0.713. The van der Waals surface area contributed by atoms with Gasteiger partial charge in [0.25, 0.3) is 0 Å². The summed E-state index contributed by atoms with van der Waals surface area (Å²) in [6, 6.07) is 3.90. The Morgan fingerprint density at radius 1 is 1.11 bits per heavy atom. The highest BCUT2D eigenvalue weighted by molar-refractivity contribution is 6.31. The molecule has 0 bridgehead atoms. The molecule has 0 radical (unpaired) electrons. The highest BCUT2D eigenvalue weighted by Gasteiger charge is 2.54. The van der Waals surface area contributed by atoms with E-state index >= 15 is 0 Å². The van der Waals surface area contributed by atoms with Gasteiger partial charge in [-0.15, -0.1) is 0 Å². The third-order valence-corrected chi connectivity index (χ3v) is 5.14. The molecule has 2 aliphatic rings. The summed E-state index contributed by atoms with van der Waals surface area (Å²) in [5.41, 5.74) is 2.93. The summed E-state index contributed by atoms with van der Waals surface area (Å²) in [7, 11) is 0. The van der Waals surface area contributed by atoms with Crippen LogP contribution in [0, 0.1) is 31.6 Å². The zero-order valence-electron chi connectivity index (χ0n) is 11.0. The molecular weight excluding hydrogens is 244 g/mol. The molecule has 1 aromatic rings. The van der Waals surface area contributed by atoms with Gasteiger partial charge in [0.1, 0.15) is 0 Å². The van der Waals surface area contributed by atoms with Crippen molar-refractivity contribution in [3.63, 3.8) is 0 Å². The highest BCUT2D eigenvalue weighted by atomic mass is 35.5. The second-order valence-electron chi connectivity index (χ2n) is 5.92. The molecule has 18 heavy (non-hydrogen) atoms. The van der Waals surface area contributed by atoms with Crippen LogP contribution in [-0.2, 0) is 0 Å². The first kappa shape index (κ1) is 12.2. The summed E-state index contributed by atoms with van der Waals surface area (Å²) in [4.78, 5) is 12.6. The Kier molecular flexibility index (Phi) is 2.97. The number of halogens is 1. The molecule has 1 nitrogen and oxygen atoms in total. The number of ketones is 1. The fourth-order valence-electron chi connectivity index (χ4n) is 3.61. The molecule has 0 saturated heterocycles. The van der Waals surface area contributed by atoms with Crippen molar-refractivity contribution < 1.29 is 4.79 Å². The number of benzene rings is 1. The fraction of sp³-hybridized carbons (Fsp3) is 0.562. The van der Waals surface area contributed by atoms with Crippen molar-refractivity contribution in [1.82, 2.24) is 0 Å². The van der Waals surface area contributed by atoms with Crippen molar-refractivity contribution in [2.75, 3.05) is 0 Å². The molecule has 1 aromatic carbocycles. The minimum atomic E-state index is 0.312. The number of Topliss-reactive ketones (excluding diaryl/α,β-unsaturated/α-hetero) is 1. The number of carbonyl (C=O) groups excluding carboxylic acids is 1. The molecule has 0 aromatic heterocycles. The normalized spacial score (nSPS) is 29.8. The number of hydrogen-bond acceptors (Lipinski definition) is 1. The van der Waals surface area contributed by atoms with Gasteiger partial charge in [-0.2, -0.15) is 0 Å². The van der Waals surface area contributed by atoms with E-state index in [-0.39, 0.29) is 0 Å². The molecule has 2 fully saturated rings. The van der Waals surface area contributed by atoms with Gasteiger partial charge in [-0.3, -0.25) is 4.79 Å². The van der Waals surface area contributed by atoms with E-state index in [4.69, 9.17) is 11.6 Å². The predicted octanol–water partition coefficient (Wildman–Crippen LogP) is 4.58. The second kappa shape index (κ2) is 4.38. The monoisotopic (exact) mass is 262 g/mol. The predicted molar refractivity (Wildman–Crippen MR) is 74.2 cm³/mol. The van der Waals surface area contributed by atoms with E-state index in [0.29, 0.717) is 23.5 Å². The SMILES string of the molecule is Cc1cc(C(=O)C2C3CCCCC32)c(C)cc1Cl. The zero-order chi connectivity index (χ0) is 12.9. The summed E-state index contributed by atoms with van der Waals surface area (Å²) in [6.07, 6.45) is 5.13. The van der Waals surface area contributed by atoms with Crippen molar-refractivity contribution in [3.8, 4) is 0 Å². The van der Waals surface area contributed by atoms with E-state index in [2.05, 4.69) is 0 Å². The number of carbonyl (C=O) groups is 1. The Morgan fingerprint density at radius 3 is 2.33 bits per heavy atom. The van der Waals surface area contributed by atoms with Crippen LogP contribution in [0.5, 0.6) is 0 Å². The van der Waals surface area contributed by atoms with Gasteiger partial charge in [-0.25, -0.2) is 0 Å². The molecule has 0 heterocycles. The van der Waals surface area contributed by atoms with Crippen LogP contribution in [0.2, 0.25) is 5.02 Å². The van der Waals surface area contributed by atoms with E-state index < -0.39 is 0 Å². The minimum absolute atomic E-state index is 0.312. The molecular formula is C16H19ClO. The summed E-state index contributed by atoms with van der Waals surface area (Å²) >= 11 is 6.10. The second-order valence-corrected chi connectivity index (χ2v) is 6.33. The molecule has 0 amide bonds. The van der Waals surface area contributed by atoms with Gasteiger partial charge in [0, 0.05) is 16.5 Å². The van der Waals surface area contributed by atoms with Crippen LogP contribution >= 0.6 is 11.6 Å². The Bertz CT molecular complexity index is 494. The van der Waals surface area contributed by atoms with Crippen molar-refractivity contribution in [1.29, 1.82) is 0 Å². The summed E-state index contributed by atoms with van der Waals surface area (Å²) < 4.78 is 0. The summed E-state index contributed by atoms with van der Waals surface area (Å²) in [5.74, 6) is 2.04. The minimum Gasteiger partial charge on any atom is -0.294 e. The number of hydrogen-bond donors (Lipinski definition) is 0. The van der Waals surface area contributed by atoms with Crippen LogP contribution in [0.25, 0.3) is 0 Å². The first-order valence-corrected chi connectivity index (χ1v) is 7.28. The van der Waals surface area contributed by atoms with Crippen LogP contribution in [0.15, 0.2) is 12.1 Å². The Morgan fingerprint density at radius 2 is 1.72 bits per heavy atom. The van der Waals surface area contributed by atoms with Crippen LogP contribution in [0.1, 0.15) is 47.2 Å². The van der Waals surface area contributed by atoms with Crippen molar-refractivity contribution in [3.05, 3.63) is 33.8 Å². The lowest BCUT2D eigenvalue weighted by Crippen LogP contribution is -2.07. The van der Waals surface area contributed by atoms with Crippen molar-refractivity contribution in [2.45, 2.75) is 39.5 Å². The molecule has 96 valence electrons. The van der Waals surface area contributed by atoms with Crippen LogP contribution in [0.4, 0.5) is 0 Å². The topological polar surface area (TPSA) is 17.1 Å². The summed E-state index contributed by atoms with van der Waals surface area (Å²) in [6.45, 7) is 3.96. The lowest BCUT2D eigenvalue weighted by molar-refractivity contribution is 0.0955. The standard InChI is InChI=1S/C16H19ClO/c1-9-8-14(17)10(2)7-13(9)16(18)15-11-5-3-4-6-12(11)15/h7-8,11-12,15H,3-6H2,1-2H3. The van der Waals surface area contributed by atoms with Crippen LogP contribution in [-0.4, -0.2) is 5.78 Å². The largest absolute Gasteiger partial charge is 0.294 e. The molecule has 0 aliphatic heterocycles. The first-order chi connectivity index (χ1) is 8.59. The third kappa shape index (κ3) is 1.89. The maximum absolute atomic E-state index is 12.6. The van der Waals surface area contributed by atoms with Gasteiger partial charge >= 0.3 is 0 Å². The lowest BCUT2D eigenvalue weighted by atomic mass is 9.98. The van der Waals surface area contributed by atoms with Gasteiger partial charge in [0.15, 0.2) is 5.78 Å². The maximum Gasteiger partial charge on any atom is 0.166 e. The Balaban J connectivity index is 1.87. The average Bonchev–Trinajstić information content (AvgIpc) is 3.07. The van der Waals surface area contributed by atoms with Crippen molar-refractivity contribution >= 4 is 17.4 Å². The highest BCUT2D eigenvalue weighted by Crippen LogP contribution is 2.56. The van der Waals surface area contributed by atoms with Gasteiger partial charge in [-0.05, 0) is 61.8 Å². The van der Waals surface area contributed by atoms with E-state index in [0.717, 1.165) is 21.7 Å². The molecule has 2 aliphatic carbocycles. The lowest BCUT2D eigenvalue weighted by Gasteiger charge is -2.07. The third-order valence-electron chi connectivity index (χ3n) is 4.73. The molecule has 2 saturated carbocycles. The van der Waals surface area contributed by atoms with Gasteiger partial charge in [-0.1, -0.05) is 24.4 Å². The van der Waals surface area contributed by atoms with E-state index in [1.807, 2.05) is 26.0 Å².